The molecule has 1 N–H and O–H groups in total. The first-order valence-corrected chi connectivity index (χ1v) is 9.82. The number of unbranched alkanes of at least 4 members (excludes halogenated alkanes) is 1. The van der Waals surface area contributed by atoms with E-state index < -0.39 is 29.4 Å². The van der Waals surface area contributed by atoms with Crippen LogP contribution >= 0.6 is 0 Å². The third kappa shape index (κ3) is 3.61. The van der Waals surface area contributed by atoms with Gasteiger partial charge in [-0.2, -0.15) is 5.26 Å². The van der Waals surface area contributed by atoms with Crippen LogP contribution < -0.4 is 9.47 Å². The molecule has 0 radical (unpaired) electrons. The Morgan fingerprint density at radius 2 is 2.18 bits per heavy atom. The molecule has 3 atom stereocenters. The number of fused-ring (bicyclic) bond motifs is 1. The van der Waals surface area contributed by atoms with Gasteiger partial charge in [0.05, 0.1) is 17.4 Å². The first-order chi connectivity index (χ1) is 13.3. The molecule has 150 valence electrons. The van der Waals surface area contributed by atoms with Gasteiger partial charge in [-0.05, 0) is 45.2 Å². The highest BCUT2D eigenvalue weighted by Crippen LogP contribution is 2.49. The fraction of sp³-hybridized carbons (Fsp3) is 0.619. The summed E-state index contributed by atoms with van der Waals surface area (Å²) in [5.41, 5.74) is 0.747. The number of rotatable bonds is 6. The smallest absolute Gasteiger partial charge is 0.437 e. The second-order valence-electron chi connectivity index (χ2n) is 7.95. The summed E-state index contributed by atoms with van der Waals surface area (Å²) in [4.78, 5) is 24.2. The number of amides is 1. The van der Waals surface area contributed by atoms with Gasteiger partial charge < -0.3 is 14.6 Å². The van der Waals surface area contributed by atoms with E-state index in [4.69, 9.17) is 14.7 Å². The van der Waals surface area contributed by atoms with Crippen molar-refractivity contribution in [2.24, 2.45) is 5.92 Å². The fourth-order valence-electron chi connectivity index (χ4n) is 4.21. The largest absolute Gasteiger partial charge is 0.493 e. The van der Waals surface area contributed by atoms with Crippen molar-refractivity contribution >= 4 is 5.91 Å². The number of carbonyl (C=O) groups is 1. The number of benzene rings is 1. The highest BCUT2D eigenvalue weighted by molar-refractivity contribution is 5.74. The maximum absolute atomic E-state index is 12.4. The second kappa shape index (κ2) is 7.88. The Hall–Kier alpha value is -2.46. The number of nitriles is 1. The van der Waals surface area contributed by atoms with Crippen LogP contribution in [-0.4, -0.2) is 40.6 Å². The first-order valence-electron chi connectivity index (χ1n) is 9.82. The number of aliphatic hydroxyl groups excluding tert-OH is 1. The summed E-state index contributed by atoms with van der Waals surface area (Å²) >= 11 is 0. The van der Waals surface area contributed by atoms with Gasteiger partial charge in [0.2, 0.25) is 6.54 Å². The van der Waals surface area contributed by atoms with Crippen LogP contribution in [0, 0.1) is 22.2 Å². The zero-order chi connectivity index (χ0) is 20.5. The van der Waals surface area contributed by atoms with Gasteiger partial charge in [-0.3, -0.25) is 0 Å². The van der Waals surface area contributed by atoms with E-state index in [1.54, 1.807) is 13.8 Å². The number of nitroso groups, excluding NO2 is 1. The summed E-state index contributed by atoms with van der Waals surface area (Å²) < 4.78 is 12.3. The van der Waals surface area contributed by atoms with Crippen molar-refractivity contribution in [1.82, 2.24) is 0 Å². The molecule has 28 heavy (non-hydrogen) atoms. The van der Waals surface area contributed by atoms with Gasteiger partial charge in [0.1, 0.15) is 29.1 Å². The van der Waals surface area contributed by atoms with Gasteiger partial charge in [0, 0.05) is 35.3 Å². The quantitative estimate of drug-likeness (QED) is 0.595. The Morgan fingerprint density at radius 3 is 2.79 bits per heavy atom. The molecule has 1 unspecified atom stereocenters. The van der Waals surface area contributed by atoms with E-state index in [1.165, 1.54) is 0 Å². The number of ether oxygens (including phenoxy) is 2. The predicted molar refractivity (Wildman–Crippen MR) is 101 cm³/mol. The van der Waals surface area contributed by atoms with Crippen molar-refractivity contribution in [1.29, 1.82) is 5.26 Å². The fourth-order valence-corrected chi connectivity index (χ4v) is 4.21. The molecule has 7 nitrogen and oxygen atoms in total. The number of aliphatic hydroxyl groups is 1. The molecule has 1 aromatic rings. The molecule has 0 aromatic heterocycles. The number of carbonyl (C=O) groups excluding carboxylic acids is 1. The second-order valence-corrected chi connectivity index (χ2v) is 7.95. The first kappa shape index (κ1) is 20.3. The summed E-state index contributed by atoms with van der Waals surface area (Å²) in [5, 5.41) is 19.8. The molecule has 1 amide bonds. The molecule has 2 aliphatic rings. The molecular formula is C21H27N2O5+. The van der Waals surface area contributed by atoms with Gasteiger partial charge in [-0.25, -0.2) is 4.79 Å². The van der Waals surface area contributed by atoms with E-state index >= 15 is 0 Å². The zero-order valence-corrected chi connectivity index (χ0v) is 16.6. The third-order valence-corrected chi connectivity index (χ3v) is 5.65. The lowest BCUT2D eigenvalue weighted by atomic mass is 9.73. The standard InChI is InChI=1S/C21H27N2O5/c1-4-27-16-12-17-15(11-13(16)7-5-6-9-22)18(19(24)21(2,3)28-17)14-8-10-23(26)20(14)25/h11-12,14,18-19,24H,4-8,10H2,1-3H3/q+1/t14?,18-,19+/m0/s1. The molecule has 2 heterocycles. The number of hydrogen-bond donors (Lipinski definition) is 1. The van der Waals surface area contributed by atoms with Crippen molar-refractivity contribution in [3.05, 3.63) is 28.2 Å². The maximum atomic E-state index is 12.4. The average Bonchev–Trinajstić information content (AvgIpc) is 2.96. The van der Waals surface area contributed by atoms with Gasteiger partial charge >= 0.3 is 5.91 Å². The number of nitrogens with zero attached hydrogens (tertiary/aromatic N) is 2. The lowest BCUT2D eigenvalue weighted by Crippen LogP contribution is -2.51. The highest BCUT2D eigenvalue weighted by Gasteiger charge is 2.54. The zero-order valence-electron chi connectivity index (χ0n) is 16.6. The highest BCUT2D eigenvalue weighted by atomic mass is 16.5. The van der Waals surface area contributed by atoms with Crippen LogP contribution in [0.2, 0.25) is 0 Å². The minimum atomic E-state index is -0.926. The van der Waals surface area contributed by atoms with E-state index in [9.17, 15) is 14.8 Å². The number of hydrogen-bond acceptors (Lipinski definition) is 6. The molecule has 1 aromatic carbocycles. The van der Waals surface area contributed by atoms with Crippen LogP contribution in [0.4, 0.5) is 0 Å². The van der Waals surface area contributed by atoms with Crippen LogP contribution in [0.3, 0.4) is 0 Å². The van der Waals surface area contributed by atoms with Crippen molar-refractivity contribution in [3.63, 3.8) is 0 Å². The van der Waals surface area contributed by atoms with E-state index in [0.29, 0.717) is 48.5 Å². The minimum absolute atomic E-state index is 0.148. The molecule has 0 bridgehead atoms. The molecule has 2 aliphatic heterocycles. The minimum Gasteiger partial charge on any atom is -0.493 e. The van der Waals surface area contributed by atoms with E-state index in [2.05, 4.69) is 6.07 Å². The summed E-state index contributed by atoms with van der Waals surface area (Å²) in [5.74, 6) is -0.305. The number of aryl methyl sites for hydroxylation is 1. The Kier molecular flexibility index (Phi) is 5.71. The van der Waals surface area contributed by atoms with Crippen LogP contribution in [-0.2, 0) is 11.2 Å². The predicted octanol–water partition coefficient (Wildman–Crippen LogP) is 2.87. The van der Waals surface area contributed by atoms with Crippen molar-refractivity contribution in [3.8, 4) is 17.6 Å². The Labute approximate surface area is 164 Å². The van der Waals surface area contributed by atoms with Gasteiger partial charge in [-0.1, -0.05) is 0 Å². The summed E-state index contributed by atoms with van der Waals surface area (Å²) in [6.07, 6.45) is 1.26. The normalized spacial score (nSPS) is 25.8. The van der Waals surface area contributed by atoms with Crippen molar-refractivity contribution in [2.75, 3.05) is 13.2 Å². The average molecular weight is 387 g/mol. The van der Waals surface area contributed by atoms with Crippen LogP contribution in [0.1, 0.15) is 57.1 Å². The van der Waals surface area contributed by atoms with E-state index in [1.807, 2.05) is 19.1 Å². The molecule has 0 aliphatic carbocycles. The van der Waals surface area contributed by atoms with Crippen molar-refractivity contribution in [2.45, 2.75) is 64.1 Å². The van der Waals surface area contributed by atoms with E-state index in [0.717, 1.165) is 11.1 Å². The Morgan fingerprint density at radius 1 is 1.43 bits per heavy atom. The molecule has 0 spiro atoms. The molecule has 0 saturated carbocycles. The van der Waals surface area contributed by atoms with Gasteiger partial charge in [0.15, 0.2) is 0 Å². The Balaban J connectivity index is 2.08. The van der Waals surface area contributed by atoms with Gasteiger partial charge in [0.25, 0.3) is 0 Å². The molecule has 1 saturated heterocycles. The summed E-state index contributed by atoms with van der Waals surface area (Å²) in [7, 11) is 0. The molecule has 1 fully saturated rings. The SMILES string of the molecule is CCOc1cc2c(cc1CCCC#N)[C@H](C1CC[N+](=O)C1=O)[C@@H](O)C(C)(C)O2. The van der Waals surface area contributed by atoms with Gasteiger partial charge in [-0.15, -0.1) is 0 Å². The summed E-state index contributed by atoms with van der Waals surface area (Å²) in [6.45, 7) is 6.10. The Bertz CT molecular complexity index is 827. The monoisotopic (exact) mass is 387 g/mol. The molecule has 7 heteroatoms. The van der Waals surface area contributed by atoms with Crippen LogP contribution in [0.25, 0.3) is 0 Å². The van der Waals surface area contributed by atoms with Crippen LogP contribution in [0.15, 0.2) is 12.1 Å². The lowest BCUT2D eigenvalue weighted by molar-refractivity contribution is -0.454. The summed E-state index contributed by atoms with van der Waals surface area (Å²) in [6, 6.07) is 5.88. The molecule has 3 rings (SSSR count). The topological polar surface area (TPSA) is 99.6 Å². The third-order valence-electron chi connectivity index (χ3n) is 5.65. The van der Waals surface area contributed by atoms with Crippen LogP contribution in [0.5, 0.6) is 11.5 Å². The van der Waals surface area contributed by atoms with E-state index in [-0.39, 0.29) is 6.54 Å². The maximum Gasteiger partial charge on any atom is 0.437 e. The van der Waals surface area contributed by atoms with Crippen molar-refractivity contribution < 1.29 is 24.1 Å². The lowest BCUT2D eigenvalue weighted by Gasteiger charge is -2.43. The molecular weight excluding hydrogens is 360 g/mol.